The van der Waals surface area contributed by atoms with Crippen LogP contribution in [0.25, 0.3) is 0 Å². The van der Waals surface area contributed by atoms with Crippen molar-refractivity contribution in [3.63, 3.8) is 0 Å². The number of rotatable bonds is 5. The molecule has 0 saturated carbocycles. The molecule has 5 heteroatoms. The first-order chi connectivity index (χ1) is 10.0. The topological polar surface area (TPSA) is 47.7 Å². The van der Waals surface area contributed by atoms with Gasteiger partial charge in [0.05, 0.1) is 24.1 Å². The summed E-state index contributed by atoms with van der Waals surface area (Å²) in [6.07, 6.45) is 2.17. The quantitative estimate of drug-likeness (QED) is 0.848. The van der Waals surface area contributed by atoms with E-state index in [4.69, 9.17) is 15.2 Å². The largest absolute Gasteiger partial charge is 0.488 e. The van der Waals surface area contributed by atoms with Gasteiger partial charge in [-0.2, -0.15) is 0 Å². The summed E-state index contributed by atoms with van der Waals surface area (Å²) in [4.78, 5) is 2.20. The summed E-state index contributed by atoms with van der Waals surface area (Å²) in [5, 5.41) is 0. The van der Waals surface area contributed by atoms with Crippen LogP contribution in [0.2, 0.25) is 0 Å². The van der Waals surface area contributed by atoms with E-state index >= 15 is 0 Å². The maximum atomic E-state index is 13.9. The molecule has 118 valence electrons. The summed E-state index contributed by atoms with van der Waals surface area (Å²) in [6, 6.07) is 3.08. The Morgan fingerprint density at radius 2 is 2.19 bits per heavy atom. The first kappa shape index (κ1) is 15.9. The van der Waals surface area contributed by atoms with Gasteiger partial charge >= 0.3 is 0 Å². The van der Waals surface area contributed by atoms with E-state index in [1.54, 1.807) is 13.2 Å². The van der Waals surface area contributed by atoms with Crippen molar-refractivity contribution in [2.75, 3.05) is 37.4 Å². The van der Waals surface area contributed by atoms with Crippen molar-refractivity contribution < 1.29 is 13.9 Å². The molecule has 1 unspecified atom stereocenters. The minimum absolute atomic E-state index is 0.0708. The van der Waals surface area contributed by atoms with E-state index in [0.29, 0.717) is 11.6 Å². The highest BCUT2D eigenvalue weighted by molar-refractivity contribution is 5.70. The molecule has 0 radical (unpaired) electrons. The third-order valence-corrected chi connectivity index (χ3v) is 3.71. The summed E-state index contributed by atoms with van der Waals surface area (Å²) in [5.74, 6) is 0.348. The number of methoxy groups -OCH3 is 1. The monoisotopic (exact) mass is 296 g/mol. The molecule has 0 bridgehead atoms. The number of nitrogens with zero attached hydrogens (tertiary/aromatic N) is 1. The van der Waals surface area contributed by atoms with Crippen LogP contribution in [0, 0.1) is 11.7 Å². The van der Waals surface area contributed by atoms with Crippen LogP contribution in [0.3, 0.4) is 0 Å². The van der Waals surface area contributed by atoms with Crippen LogP contribution >= 0.6 is 0 Å². The normalized spacial score (nSPS) is 19.1. The van der Waals surface area contributed by atoms with Crippen LogP contribution in [-0.4, -0.2) is 32.9 Å². The highest BCUT2D eigenvalue weighted by atomic mass is 19.1. The molecule has 0 aromatic heterocycles. The highest BCUT2D eigenvalue weighted by Crippen LogP contribution is 2.34. The van der Waals surface area contributed by atoms with Crippen molar-refractivity contribution in [2.45, 2.75) is 32.8 Å². The molecular weight excluding hydrogens is 271 g/mol. The van der Waals surface area contributed by atoms with Crippen molar-refractivity contribution in [3.05, 3.63) is 17.9 Å². The maximum absolute atomic E-state index is 13.9. The summed E-state index contributed by atoms with van der Waals surface area (Å²) in [5.41, 5.74) is 7.32. The predicted molar refractivity (Wildman–Crippen MR) is 83.4 cm³/mol. The second-order valence-electron chi connectivity index (χ2n) is 5.92. The summed E-state index contributed by atoms with van der Waals surface area (Å²) >= 11 is 0. The molecule has 1 atom stereocenters. The zero-order chi connectivity index (χ0) is 15.4. The summed E-state index contributed by atoms with van der Waals surface area (Å²) in [7, 11) is 1.72. The molecular formula is C16H25FN2O2. The number of nitrogen functional groups attached to an aromatic ring is 1. The number of benzene rings is 1. The first-order valence-electron chi connectivity index (χ1n) is 7.50. The van der Waals surface area contributed by atoms with Crippen molar-refractivity contribution in [3.8, 4) is 5.75 Å². The number of ether oxygens (including phenoxy) is 2. The van der Waals surface area contributed by atoms with E-state index in [2.05, 4.69) is 4.90 Å². The molecule has 0 aliphatic carbocycles. The molecule has 1 heterocycles. The standard InChI is InChI=1S/C16H25FN2O2/c1-11(2)21-16-8-15(14(18)7-13(16)17)19-6-4-5-12(9-19)10-20-3/h7-8,11-12H,4-6,9-10,18H2,1-3H3. The predicted octanol–water partition coefficient (Wildman–Crippen LogP) is 3.06. The molecule has 0 spiro atoms. The maximum Gasteiger partial charge on any atom is 0.167 e. The van der Waals surface area contributed by atoms with Crippen LogP contribution in [-0.2, 0) is 4.74 Å². The molecule has 21 heavy (non-hydrogen) atoms. The second-order valence-corrected chi connectivity index (χ2v) is 5.92. The molecule has 2 rings (SSSR count). The molecule has 0 amide bonds. The smallest absolute Gasteiger partial charge is 0.167 e. The van der Waals surface area contributed by atoms with Gasteiger partial charge in [-0.25, -0.2) is 4.39 Å². The molecule has 4 nitrogen and oxygen atoms in total. The average Bonchev–Trinajstić information content (AvgIpc) is 2.42. The lowest BCUT2D eigenvalue weighted by molar-refractivity contribution is 0.143. The van der Waals surface area contributed by atoms with Gasteiger partial charge in [-0.1, -0.05) is 0 Å². The molecule has 1 aromatic rings. The average molecular weight is 296 g/mol. The molecule has 1 saturated heterocycles. The number of hydrogen-bond donors (Lipinski definition) is 1. The summed E-state index contributed by atoms with van der Waals surface area (Å²) < 4.78 is 24.7. The van der Waals surface area contributed by atoms with Crippen molar-refractivity contribution >= 4 is 11.4 Å². The van der Waals surface area contributed by atoms with Gasteiger partial charge in [0.1, 0.15) is 0 Å². The van der Waals surface area contributed by atoms with Gasteiger partial charge < -0.3 is 20.1 Å². The van der Waals surface area contributed by atoms with Gasteiger partial charge in [0.15, 0.2) is 11.6 Å². The van der Waals surface area contributed by atoms with Crippen LogP contribution in [0.1, 0.15) is 26.7 Å². The van der Waals surface area contributed by atoms with Gasteiger partial charge in [-0.15, -0.1) is 0 Å². The van der Waals surface area contributed by atoms with Gasteiger partial charge in [0, 0.05) is 32.3 Å². The molecule has 1 aliphatic rings. The van der Waals surface area contributed by atoms with E-state index in [9.17, 15) is 4.39 Å². The Labute approximate surface area is 126 Å². The van der Waals surface area contributed by atoms with Gasteiger partial charge in [0.2, 0.25) is 0 Å². The lowest BCUT2D eigenvalue weighted by Crippen LogP contribution is -2.37. The van der Waals surface area contributed by atoms with E-state index in [1.807, 2.05) is 13.8 Å². The van der Waals surface area contributed by atoms with Gasteiger partial charge in [-0.3, -0.25) is 0 Å². The zero-order valence-corrected chi connectivity index (χ0v) is 13.1. The van der Waals surface area contributed by atoms with E-state index in [0.717, 1.165) is 38.2 Å². The number of halogens is 1. The van der Waals surface area contributed by atoms with Crippen molar-refractivity contribution in [2.24, 2.45) is 5.92 Å². The third kappa shape index (κ3) is 4.00. The van der Waals surface area contributed by atoms with E-state index in [1.165, 1.54) is 6.07 Å². The number of piperidine rings is 1. The van der Waals surface area contributed by atoms with E-state index < -0.39 is 5.82 Å². The summed E-state index contributed by atoms with van der Waals surface area (Å²) in [6.45, 7) is 6.31. The number of hydrogen-bond acceptors (Lipinski definition) is 4. The van der Waals surface area contributed by atoms with Crippen LogP contribution in [0.4, 0.5) is 15.8 Å². The number of anilines is 2. The Morgan fingerprint density at radius 3 is 2.86 bits per heavy atom. The van der Waals surface area contributed by atoms with E-state index in [-0.39, 0.29) is 11.9 Å². The minimum atomic E-state index is -0.407. The van der Waals surface area contributed by atoms with Gasteiger partial charge in [0.25, 0.3) is 0 Å². The van der Waals surface area contributed by atoms with Gasteiger partial charge in [-0.05, 0) is 32.6 Å². The Bertz CT molecular complexity index is 478. The minimum Gasteiger partial charge on any atom is -0.488 e. The molecule has 1 fully saturated rings. The first-order valence-corrected chi connectivity index (χ1v) is 7.50. The lowest BCUT2D eigenvalue weighted by Gasteiger charge is -2.35. The molecule has 2 N–H and O–H groups in total. The Hall–Kier alpha value is -1.49. The lowest BCUT2D eigenvalue weighted by atomic mass is 9.98. The van der Waals surface area contributed by atoms with Crippen LogP contribution < -0.4 is 15.4 Å². The highest BCUT2D eigenvalue weighted by Gasteiger charge is 2.23. The Balaban J connectivity index is 2.21. The Morgan fingerprint density at radius 1 is 1.43 bits per heavy atom. The molecule has 1 aliphatic heterocycles. The Kier molecular flexibility index (Phi) is 5.28. The molecule has 1 aromatic carbocycles. The van der Waals surface area contributed by atoms with Crippen LogP contribution in [0.15, 0.2) is 12.1 Å². The van der Waals surface area contributed by atoms with Crippen LogP contribution in [0.5, 0.6) is 5.75 Å². The fourth-order valence-electron chi connectivity index (χ4n) is 2.83. The zero-order valence-electron chi connectivity index (χ0n) is 13.1. The SMILES string of the molecule is COCC1CCCN(c2cc(OC(C)C)c(F)cc2N)C1. The fraction of sp³-hybridized carbons (Fsp3) is 0.625. The second kappa shape index (κ2) is 6.98. The van der Waals surface area contributed by atoms with Crippen molar-refractivity contribution in [1.29, 1.82) is 0 Å². The number of nitrogens with two attached hydrogens (primary N) is 1. The van der Waals surface area contributed by atoms with Crippen molar-refractivity contribution in [1.82, 2.24) is 0 Å². The fourth-order valence-corrected chi connectivity index (χ4v) is 2.83. The third-order valence-electron chi connectivity index (χ3n) is 3.71.